The lowest BCUT2D eigenvalue weighted by Crippen LogP contribution is -2.61. The number of halogens is 4. The maximum absolute atomic E-state index is 15.0. The average Bonchev–Trinajstić information content (AvgIpc) is 3.28. The van der Waals surface area contributed by atoms with E-state index in [2.05, 4.69) is 31.9 Å². The van der Waals surface area contributed by atoms with E-state index in [0.717, 1.165) is 25.3 Å². The fraction of sp³-hybridized carbons (Fsp3) is 0.864. The summed E-state index contributed by atoms with van der Waals surface area (Å²) < 4.78 is 61.1. The van der Waals surface area contributed by atoms with Crippen LogP contribution in [0.15, 0.2) is 16.9 Å². The molecule has 0 bridgehead atoms. The Kier molecular flexibility index (Phi) is 7.24. The number of nitrogens with zero attached hydrogens (tertiary/aromatic N) is 2. The normalized spacial score (nSPS) is 40.5. The van der Waals surface area contributed by atoms with E-state index in [-0.39, 0.29) is 24.9 Å². The summed E-state index contributed by atoms with van der Waals surface area (Å²) in [4.78, 5) is 6.75. The van der Waals surface area contributed by atoms with Gasteiger partial charge in [0.25, 0.3) is 0 Å². The number of rotatable bonds is 5. The van der Waals surface area contributed by atoms with Crippen LogP contribution in [0.2, 0.25) is 0 Å². The third kappa shape index (κ3) is 5.16. The minimum atomic E-state index is -4.60. The monoisotopic (exact) mass is 476 g/mol. The summed E-state index contributed by atoms with van der Waals surface area (Å²) in [5.41, 5.74) is 5.92. The first-order valence-corrected chi connectivity index (χ1v) is 11.8. The lowest BCUT2D eigenvalue weighted by molar-refractivity contribution is -0.207. The molecule has 7 nitrogen and oxygen atoms in total. The van der Waals surface area contributed by atoms with Crippen molar-refractivity contribution in [3.05, 3.63) is 11.9 Å². The number of nitrogens with two attached hydrogens (primary N) is 1. The highest BCUT2D eigenvalue weighted by Crippen LogP contribution is 2.43. The van der Waals surface area contributed by atoms with Gasteiger partial charge in [-0.15, -0.1) is 0 Å². The molecule has 9 unspecified atom stereocenters. The van der Waals surface area contributed by atoms with E-state index in [9.17, 15) is 13.2 Å². The summed E-state index contributed by atoms with van der Waals surface area (Å²) in [5.74, 6) is -0.632. The van der Waals surface area contributed by atoms with Gasteiger partial charge < -0.3 is 26.0 Å². The predicted octanol–water partition coefficient (Wildman–Crippen LogP) is 1.92. The number of aliphatic imine (C=N–C) groups is 1. The minimum absolute atomic E-state index is 0.0447. The smallest absolute Gasteiger partial charge is 0.377 e. The second kappa shape index (κ2) is 9.67. The Morgan fingerprint density at radius 3 is 2.73 bits per heavy atom. The van der Waals surface area contributed by atoms with Crippen LogP contribution in [0.4, 0.5) is 17.6 Å². The Labute approximate surface area is 192 Å². The van der Waals surface area contributed by atoms with Gasteiger partial charge in [0.1, 0.15) is 17.8 Å². The lowest BCUT2D eigenvalue weighted by Gasteiger charge is -2.47. The van der Waals surface area contributed by atoms with E-state index in [4.69, 9.17) is 10.5 Å². The molecular formula is C22H36F4N6O. The molecule has 2 fully saturated rings. The molecule has 3 heterocycles. The van der Waals surface area contributed by atoms with Crippen molar-refractivity contribution in [1.29, 1.82) is 0 Å². The van der Waals surface area contributed by atoms with Crippen LogP contribution in [0, 0.1) is 23.7 Å². The van der Waals surface area contributed by atoms with Gasteiger partial charge in [-0.05, 0) is 58.2 Å². The van der Waals surface area contributed by atoms with Crippen LogP contribution < -0.4 is 21.7 Å². The highest BCUT2D eigenvalue weighted by atomic mass is 19.4. The number of amidine groups is 1. The van der Waals surface area contributed by atoms with Crippen LogP contribution in [0.25, 0.3) is 0 Å². The largest absolute Gasteiger partial charge is 0.394 e. The fourth-order valence-corrected chi connectivity index (χ4v) is 5.93. The van der Waals surface area contributed by atoms with Crippen LogP contribution >= 0.6 is 0 Å². The van der Waals surface area contributed by atoms with Gasteiger partial charge in [-0.2, -0.15) is 13.2 Å². The molecular weight excluding hydrogens is 440 g/mol. The van der Waals surface area contributed by atoms with Crippen molar-refractivity contribution in [2.45, 2.75) is 69.9 Å². The molecule has 0 aromatic heterocycles. The van der Waals surface area contributed by atoms with Crippen molar-refractivity contribution in [3.8, 4) is 0 Å². The third-order valence-electron chi connectivity index (χ3n) is 7.76. The average molecular weight is 477 g/mol. The molecule has 1 saturated carbocycles. The molecule has 0 aromatic carbocycles. The zero-order valence-electron chi connectivity index (χ0n) is 19.4. The summed E-state index contributed by atoms with van der Waals surface area (Å²) in [6.45, 7) is 6.15. The summed E-state index contributed by atoms with van der Waals surface area (Å²) in [6, 6.07) is -1.22. The van der Waals surface area contributed by atoms with Crippen molar-refractivity contribution in [3.63, 3.8) is 0 Å². The molecule has 1 saturated heterocycles. The Bertz CT molecular complexity index is 756. The van der Waals surface area contributed by atoms with E-state index >= 15 is 4.39 Å². The Morgan fingerprint density at radius 1 is 1.33 bits per heavy atom. The number of methoxy groups -OCH3 is 1. The van der Waals surface area contributed by atoms with Crippen LogP contribution in [-0.4, -0.2) is 74.3 Å². The maximum Gasteiger partial charge on any atom is 0.394 e. The number of alkyl halides is 4. The maximum atomic E-state index is 15.0. The quantitative estimate of drug-likeness (QED) is 0.454. The van der Waals surface area contributed by atoms with Gasteiger partial charge in [-0.25, -0.2) is 9.38 Å². The first-order valence-electron chi connectivity index (χ1n) is 11.8. The molecule has 3 aliphatic heterocycles. The zero-order chi connectivity index (χ0) is 23.9. The highest BCUT2D eigenvalue weighted by Gasteiger charge is 2.52. The second-order valence-corrected chi connectivity index (χ2v) is 9.98. The van der Waals surface area contributed by atoms with Crippen molar-refractivity contribution in [2.75, 3.05) is 26.7 Å². The summed E-state index contributed by atoms with van der Waals surface area (Å²) >= 11 is 0. The van der Waals surface area contributed by atoms with Crippen molar-refractivity contribution in [1.82, 2.24) is 20.9 Å². The molecule has 4 rings (SSSR count). The molecule has 11 heteroatoms. The minimum Gasteiger partial charge on any atom is -0.377 e. The molecule has 0 spiro atoms. The van der Waals surface area contributed by atoms with Crippen molar-refractivity contribution >= 4 is 5.84 Å². The van der Waals surface area contributed by atoms with Gasteiger partial charge >= 0.3 is 6.18 Å². The Hall–Kier alpha value is -1.43. The molecule has 0 amide bonds. The van der Waals surface area contributed by atoms with E-state index < -0.39 is 42.6 Å². The first-order chi connectivity index (χ1) is 15.6. The van der Waals surface area contributed by atoms with Gasteiger partial charge in [0.15, 0.2) is 6.29 Å². The standard InChI is InChI=1S/C22H36F4N6O/c1-11(15-6-14(27)7-17(20(15)23)22(24,25)26)29-21-31-12(2)30-19-8-18(33-3)16(10-32(19)21)13-4-5-28-9-13/h8,11,13-18,20-21,28-29H,4-7,9-10,27H2,1-3H3,(H,30,31). The number of fused-ring (bicyclic) bond motifs is 1. The Morgan fingerprint density at radius 2 is 2.09 bits per heavy atom. The molecule has 0 aromatic rings. The number of hydrogen-bond acceptors (Lipinski definition) is 7. The summed E-state index contributed by atoms with van der Waals surface area (Å²) in [6.07, 6.45) is -4.18. The van der Waals surface area contributed by atoms with Crippen LogP contribution in [0.3, 0.4) is 0 Å². The highest BCUT2D eigenvalue weighted by molar-refractivity contribution is 5.82. The van der Waals surface area contributed by atoms with Crippen LogP contribution in [-0.2, 0) is 4.74 Å². The number of nitrogens with one attached hydrogen (secondary N) is 3. The topological polar surface area (TPSA) is 86.9 Å². The van der Waals surface area contributed by atoms with E-state index in [1.807, 2.05) is 6.92 Å². The van der Waals surface area contributed by atoms with Gasteiger partial charge in [0.2, 0.25) is 0 Å². The molecule has 4 aliphatic rings. The van der Waals surface area contributed by atoms with Gasteiger partial charge in [-0.3, -0.25) is 5.32 Å². The van der Waals surface area contributed by atoms with Crippen LogP contribution in [0.5, 0.6) is 0 Å². The SMILES string of the molecule is COC1C=C2NC(C)=NC(NC(C)C3CC(N)CC(C(F)(F)F)C3F)N2CC1C1CCNC1. The van der Waals surface area contributed by atoms with Gasteiger partial charge in [-0.1, -0.05) is 0 Å². The molecule has 1 aliphatic carbocycles. The summed E-state index contributed by atoms with van der Waals surface area (Å²) in [7, 11) is 1.71. The second-order valence-electron chi connectivity index (χ2n) is 9.98. The Balaban J connectivity index is 1.52. The number of hydrogen-bond donors (Lipinski definition) is 4. The molecule has 0 radical (unpaired) electrons. The molecule has 5 N–H and O–H groups in total. The number of ether oxygens (including phenoxy) is 1. The third-order valence-corrected chi connectivity index (χ3v) is 7.76. The summed E-state index contributed by atoms with van der Waals surface area (Å²) in [5, 5.41) is 10.0. The molecule has 33 heavy (non-hydrogen) atoms. The molecule has 9 atom stereocenters. The lowest BCUT2D eigenvalue weighted by atomic mass is 9.74. The van der Waals surface area contributed by atoms with E-state index in [0.29, 0.717) is 18.3 Å². The molecule has 188 valence electrons. The van der Waals surface area contributed by atoms with Gasteiger partial charge in [0, 0.05) is 37.6 Å². The fourth-order valence-electron chi connectivity index (χ4n) is 5.93. The van der Waals surface area contributed by atoms with Gasteiger partial charge in [0.05, 0.1) is 12.0 Å². The van der Waals surface area contributed by atoms with E-state index in [1.54, 1.807) is 14.0 Å². The van der Waals surface area contributed by atoms with Crippen molar-refractivity contribution in [2.24, 2.45) is 34.4 Å². The van der Waals surface area contributed by atoms with Crippen LogP contribution in [0.1, 0.15) is 33.1 Å². The predicted molar refractivity (Wildman–Crippen MR) is 118 cm³/mol. The van der Waals surface area contributed by atoms with Crippen molar-refractivity contribution < 1.29 is 22.3 Å². The van der Waals surface area contributed by atoms with E-state index in [1.165, 1.54) is 0 Å². The first kappa shape index (κ1) is 24.7. The zero-order valence-corrected chi connectivity index (χ0v) is 19.4.